The zero-order chi connectivity index (χ0) is 13.9. The third-order valence-electron chi connectivity index (χ3n) is 2.38. The number of ether oxygens (including phenoxy) is 1. The number of hydrogen-bond donors (Lipinski definition) is 2. The Kier molecular flexibility index (Phi) is 4.19. The molecule has 100 valence electrons. The number of rotatable bonds is 4. The van der Waals surface area contributed by atoms with Crippen LogP contribution in [0.5, 0.6) is 5.75 Å². The fourth-order valence-corrected chi connectivity index (χ4v) is 1.74. The van der Waals surface area contributed by atoms with Gasteiger partial charge in [0.05, 0.1) is 12.7 Å². The number of carbonyl (C=O) groups is 1. The fraction of sp³-hybridized carbons (Fsp3) is 0.462. The van der Waals surface area contributed by atoms with Gasteiger partial charge in [0.1, 0.15) is 5.75 Å². The van der Waals surface area contributed by atoms with Crippen molar-refractivity contribution in [1.29, 1.82) is 0 Å². The van der Waals surface area contributed by atoms with Gasteiger partial charge in [-0.15, -0.1) is 0 Å². The van der Waals surface area contributed by atoms with E-state index in [1.807, 2.05) is 0 Å². The van der Waals surface area contributed by atoms with E-state index in [9.17, 15) is 9.90 Å². The second-order valence-corrected chi connectivity index (χ2v) is 4.97. The van der Waals surface area contributed by atoms with Crippen molar-refractivity contribution >= 4 is 11.6 Å². The number of aliphatic hydroxyl groups is 1. The normalized spacial score (nSPS) is 11.2. The van der Waals surface area contributed by atoms with Crippen molar-refractivity contribution in [3.63, 3.8) is 0 Å². The molecule has 3 N–H and O–H groups in total. The van der Waals surface area contributed by atoms with Crippen LogP contribution in [0.2, 0.25) is 0 Å². The predicted octanol–water partition coefficient (Wildman–Crippen LogP) is 1.12. The van der Waals surface area contributed by atoms with E-state index in [2.05, 4.69) is 0 Å². The van der Waals surface area contributed by atoms with Gasteiger partial charge in [-0.25, -0.2) is 0 Å². The lowest BCUT2D eigenvalue weighted by atomic mass is 10.1. The van der Waals surface area contributed by atoms with Crippen molar-refractivity contribution in [2.75, 3.05) is 26.4 Å². The highest BCUT2D eigenvalue weighted by molar-refractivity contribution is 5.95. The van der Waals surface area contributed by atoms with Crippen LogP contribution in [-0.2, 0) is 0 Å². The van der Waals surface area contributed by atoms with Gasteiger partial charge in [-0.05, 0) is 26.0 Å². The Morgan fingerprint density at radius 1 is 1.44 bits per heavy atom. The summed E-state index contributed by atoms with van der Waals surface area (Å²) in [6.45, 7) is 3.54. The van der Waals surface area contributed by atoms with E-state index >= 15 is 0 Å². The number of benzene rings is 1. The third-order valence-corrected chi connectivity index (χ3v) is 2.38. The summed E-state index contributed by atoms with van der Waals surface area (Å²) < 4.78 is 5.07. The molecule has 0 aliphatic rings. The topological polar surface area (TPSA) is 75.8 Å². The molecule has 5 heteroatoms. The summed E-state index contributed by atoms with van der Waals surface area (Å²) in [5.41, 5.74) is 5.67. The molecule has 0 bridgehead atoms. The zero-order valence-electron chi connectivity index (χ0n) is 11.2. The van der Waals surface area contributed by atoms with Crippen LogP contribution in [0.1, 0.15) is 24.2 Å². The van der Waals surface area contributed by atoms with Crippen LogP contribution in [0.4, 0.5) is 5.69 Å². The Morgan fingerprint density at radius 2 is 2.06 bits per heavy atom. The van der Waals surface area contributed by atoms with Gasteiger partial charge in [-0.2, -0.15) is 0 Å². The average Bonchev–Trinajstić information content (AvgIpc) is 2.24. The van der Waals surface area contributed by atoms with E-state index in [0.29, 0.717) is 17.0 Å². The van der Waals surface area contributed by atoms with Crippen molar-refractivity contribution in [1.82, 2.24) is 4.90 Å². The first-order valence-electron chi connectivity index (χ1n) is 5.65. The predicted molar refractivity (Wildman–Crippen MR) is 70.7 cm³/mol. The van der Waals surface area contributed by atoms with Gasteiger partial charge in [0.25, 0.3) is 5.91 Å². The van der Waals surface area contributed by atoms with Crippen LogP contribution < -0.4 is 10.5 Å². The summed E-state index contributed by atoms with van der Waals surface area (Å²) >= 11 is 0. The lowest BCUT2D eigenvalue weighted by molar-refractivity contribution is 0.0368. The number of anilines is 1. The molecule has 0 saturated carbocycles. The zero-order valence-corrected chi connectivity index (χ0v) is 11.2. The molecule has 0 aliphatic heterocycles. The molecule has 18 heavy (non-hydrogen) atoms. The minimum Gasteiger partial charge on any atom is -0.497 e. The number of methoxy groups -OCH3 is 1. The average molecular weight is 252 g/mol. The molecule has 1 rings (SSSR count). The van der Waals surface area contributed by atoms with E-state index in [-0.39, 0.29) is 12.5 Å². The molecule has 0 fully saturated rings. The first-order chi connectivity index (χ1) is 8.23. The largest absolute Gasteiger partial charge is 0.497 e. The van der Waals surface area contributed by atoms with E-state index < -0.39 is 5.60 Å². The van der Waals surface area contributed by atoms with E-state index in [1.165, 1.54) is 12.0 Å². The minimum atomic E-state index is -0.936. The van der Waals surface area contributed by atoms with Crippen molar-refractivity contribution in [3.05, 3.63) is 23.8 Å². The SMILES string of the molecule is COc1cc(N)cc(C(=O)N(C)CC(C)(C)O)c1. The fourth-order valence-electron chi connectivity index (χ4n) is 1.74. The van der Waals surface area contributed by atoms with Crippen LogP contribution in [0.15, 0.2) is 18.2 Å². The number of nitrogens with zero attached hydrogens (tertiary/aromatic N) is 1. The van der Waals surface area contributed by atoms with Crippen molar-refractivity contribution < 1.29 is 14.6 Å². The summed E-state index contributed by atoms with van der Waals surface area (Å²) in [5.74, 6) is 0.331. The molecular formula is C13H20N2O3. The molecule has 0 aromatic heterocycles. The summed E-state index contributed by atoms with van der Waals surface area (Å²) in [4.78, 5) is 13.6. The van der Waals surface area contributed by atoms with Crippen LogP contribution >= 0.6 is 0 Å². The standard InChI is InChI=1S/C13H20N2O3/c1-13(2,17)8-15(3)12(16)9-5-10(14)7-11(6-9)18-4/h5-7,17H,8,14H2,1-4H3. The smallest absolute Gasteiger partial charge is 0.253 e. The number of carbonyl (C=O) groups excluding carboxylic acids is 1. The van der Waals surface area contributed by atoms with Gasteiger partial charge in [-0.1, -0.05) is 0 Å². The Hall–Kier alpha value is -1.75. The quantitative estimate of drug-likeness (QED) is 0.787. The second kappa shape index (κ2) is 5.27. The molecule has 0 saturated heterocycles. The Labute approximate surface area is 107 Å². The minimum absolute atomic E-state index is 0.206. The van der Waals surface area contributed by atoms with E-state index in [4.69, 9.17) is 10.5 Å². The summed E-state index contributed by atoms with van der Waals surface area (Å²) in [6, 6.07) is 4.86. The van der Waals surface area contributed by atoms with Gasteiger partial charge < -0.3 is 20.5 Å². The second-order valence-electron chi connectivity index (χ2n) is 4.97. The van der Waals surface area contributed by atoms with E-state index in [1.54, 1.807) is 39.1 Å². The molecular weight excluding hydrogens is 232 g/mol. The van der Waals surface area contributed by atoms with Gasteiger partial charge in [0.15, 0.2) is 0 Å². The molecule has 1 amide bonds. The lowest BCUT2D eigenvalue weighted by Gasteiger charge is -2.25. The lowest BCUT2D eigenvalue weighted by Crippen LogP contribution is -2.39. The monoisotopic (exact) mass is 252 g/mol. The maximum Gasteiger partial charge on any atom is 0.253 e. The first kappa shape index (κ1) is 14.3. The molecule has 0 spiro atoms. The molecule has 5 nitrogen and oxygen atoms in total. The van der Waals surface area contributed by atoms with E-state index in [0.717, 1.165) is 0 Å². The molecule has 0 radical (unpaired) electrons. The summed E-state index contributed by atoms with van der Waals surface area (Å²) in [6.07, 6.45) is 0. The highest BCUT2D eigenvalue weighted by Crippen LogP contribution is 2.20. The maximum atomic E-state index is 12.1. The molecule has 0 heterocycles. The molecule has 0 atom stereocenters. The number of nitrogens with two attached hydrogens (primary N) is 1. The molecule has 0 unspecified atom stereocenters. The summed E-state index contributed by atoms with van der Waals surface area (Å²) in [7, 11) is 3.15. The van der Waals surface area contributed by atoms with Crippen LogP contribution in [0, 0.1) is 0 Å². The number of hydrogen-bond acceptors (Lipinski definition) is 4. The van der Waals surface area contributed by atoms with Crippen LogP contribution in [-0.4, -0.2) is 42.2 Å². The van der Waals surface area contributed by atoms with Gasteiger partial charge in [0.2, 0.25) is 0 Å². The maximum absolute atomic E-state index is 12.1. The number of amides is 1. The van der Waals surface area contributed by atoms with Gasteiger partial charge in [-0.3, -0.25) is 4.79 Å². The number of nitrogen functional groups attached to an aromatic ring is 1. The van der Waals surface area contributed by atoms with Crippen LogP contribution in [0.3, 0.4) is 0 Å². The molecule has 1 aromatic rings. The third kappa shape index (κ3) is 3.92. The highest BCUT2D eigenvalue weighted by Gasteiger charge is 2.20. The Morgan fingerprint density at radius 3 is 2.56 bits per heavy atom. The molecule has 1 aromatic carbocycles. The van der Waals surface area contributed by atoms with Crippen molar-refractivity contribution in [2.24, 2.45) is 0 Å². The first-order valence-corrected chi connectivity index (χ1v) is 5.65. The van der Waals surface area contributed by atoms with Crippen molar-refractivity contribution in [2.45, 2.75) is 19.4 Å². The van der Waals surface area contributed by atoms with Crippen LogP contribution in [0.25, 0.3) is 0 Å². The van der Waals surface area contributed by atoms with Crippen molar-refractivity contribution in [3.8, 4) is 5.75 Å². The Bertz CT molecular complexity index is 438. The molecule has 0 aliphatic carbocycles. The number of likely N-dealkylation sites (N-methyl/N-ethyl adjacent to an activating group) is 1. The summed E-state index contributed by atoms with van der Waals surface area (Å²) in [5, 5.41) is 9.70. The highest BCUT2D eigenvalue weighted by atomic mass is 16.5. The van der Waals surface area contributed by atoms with Gasteiger partial charge in [0, 0.05) is 30.9 Å². The Balaban J connectivity index is 2.93. The van der Waals surface area contributed by atoms with Gasteiger partial charge >= 0.3 is 0 Å².